The van der Waals surface area contributed by atoms with Crippen LogP contribution in [-0.4, -0.2) is 34.0 Å². The summed E-state index contributed by atoms with van der Waals surface area (Å²) in [4.78, 5) is 17.5. The van der Waals surface area contributed by atoms with Gasteiger partial charge in [0.2, 0.25) is 0 Å². The van der Waals surface area contributed by atoms with Crippen molar-refractivity contribution in [2.45, 2.75) is 0 Å². The van der Waals surface area contributed by atoms with E-state index in [4.69, 9.17) is 0 Å². The van der Waals surface area contributed by atoms with E-state index in [1.807, 2.05) is 52.5 Å². The number of carbonyl (C=O) groups excluding carboxylic acids is 1. The zero-order valence-corrected chi connectivity index (χ0v) is 20.6. The molecule has 174 valence electrons. The summed E-state index contributed by atoms with van der Waals surface area (Å²) in [5.41, 5.74) is 9.50. The van der Waals surface area contributed by atoms with Crippen molar-refractivity contribution in [3.8, 4) is 23.3 Å². The van der Waals surface area contributed by atoms with Crippen molar-refractivity contribution in [1.29, 1.82) is 10.5 Å². The Morgan fingerprint density at radius 2 is 1.17 bits per heavy atom. The Morgan fingerprint density at radius 3 is 1.67 bits per heavy atom. The molecule has 0 atom stereocenters. The van der Waals surface area contributed by atoms with Gasteiger partial charge in [-0.1, -0.05) is 42.5 Å². The van der Waals surface area contributed by atoms with Crippen LogP contribution in [0.4, 0.5) is 11.4 Å². The summed E-state index contributed by atoms with van der Waals surface area (Å²) in [6.07, 6.45) is 3.71. The highest BCUT2D eigenvalue weighted by Gasteiger charge is 2.32. The van der Waals surface area contributed by atoms with Crippen molar-refractivity contribution in [2.24, 2.45) is 0 Å². The molecule has 0 unspecified atom stereocenters. The van der Waals surface area contributed by atoms with E-state index in [2.05, 4.69) is 46.2 Å². The molecular weight excluding hydrogens is 444 g/mol. The first-order chi connectivity index (χ1) is 17.3. The van der Waals surface area contributed by atoms with Crippen LogP contribution >= 0.6 is 0 Å². The van der Waals surface area contributed by atoms with Gasteiger partial charge in [0.05, 0.1) is 0 Å². The molecule has 5 rings (SSSR count). The SMILES string of the molecule is CN(C)c1ccc2c(c1)-c1cc(N(C)C)ccc1C2=C/C=C1/C(=O)c2ccccc2C1=C(C#N)C#N. The molecule has 0 spiro atoms. The van der Waals surface area contributed by atoms with Gasteiger partial charge in [-0.3, -0.25) is 4.79 Å². The summed E-state index contributed by atoms with van der Waals surface area (Å²) >= 11 is 0. The van der Waals surface area contributed by atoms with E-state index >= 15 is 0 Å². The van der Waals surface area contributed by atoms with Crippen LogP contribution in [0.1, 0.15) is 27.0 Å². The predicted octanol–water partition coefficient (Wildman–Crippen LogP) is 5.85. The number of ketones is 1. The maximum absolute atomic E-state index is 13.3. The normalized spacial score (nSPS) is 14.1. The van der Waals surface area contributed by atoms with Crippen molar-refractivity contribution in [3.63, 3.8) is 0 Å². The van der Waals surface area contributed by atoms with Crippen molar-refractivity contribution in [2.75, 3.05) is 38.0 Å². The minimum atomic E-state index is -0.176. The summed E-state index contributed by atoms with van der Waals surface area (Å²) in [5, 5.41) is 19.2. The molecular formula is C31H24N4O. The Morgan fingerprint density at radius 1 is 0.667 bits per heavy atom. The zero-order chi connectivity index (χ0) is 25.6. The number of anilines is 2. The molecule has 0 amide bonds. The van der Waals surface area contributed by atoms with Gasteiger partial charge in [0.25, 0.3) is 0 Å². The number of nitrogens with zero attached hydrogens (tertiary/aromatic N) is 4. The van der Waals surface area contributed by atoms with Crippen molar-refractivity contribution in [3.05, 3.63) is 106 Å². The van der Waals surface area contributed by atoms with Gasteiger partial charge in [0.15, 0.2) is 5.78 Å². The molecule has 2 aliphatic carbocycles. The highest BCUT2D eigenvalue weighted by Crippen LogP contribution is 2.47. The summed E-state index contributed by atoms with van der Waals surface area (Å²) in [6.45, 7) is 0. The molecule has 0 aromatic heterocycles. The fraction of sp³-hybridized carbons (Fsp3) is 0.129. The van der Waals surface area contributed by atoms with Crippen molar-refractivity contribution >= 4 is 28.3 Å². The third kappa shape index (κ3) is 3.50. The number of rotatable bonds is 3. The first-order valence-corrected chi connectivity index (χ1v) is 11.6. The molecule has 0 fully saturated rings. The molecule has 0 heterocycles. The molecule has 0 aliphatic heterocycles. The Balaban J connectivity index is 1.73. The summed E-state index contributed by atoms with van der Waals surface area (Å²) in [5.74, 6) is -0.176. The van der Waals surface area contributed by atoms with E-state index < -0.39 is 0 Å². The lowest BCUT2D eigenvalue weighted by Gasteiger charge is -2.15. The molecule has 5 heteroatoms. The number of hydrogen-bond acceptors (Lipinski definition) is 5. The number of fused-ring (bicyclic) bond motifs is 4. The Kier molecular flexibility index (Phi) is 5.55. The highest BCUT2D eigenvalue weighted by atomic mass is 16.1. The third-order valence-electron chi connectivity index (χ3n) is 6.75. The van der Waals surface area contributed by atoms with E-state index in [1.165, 1.54) is 0 Å². The summed E-state index contributed by atoms with van der Waals surface area (Å²) in [6, 6.07) is 23.9. The second kappa shape index (κ2) is 8.73. The van der Waals surface area contributed by atoms with Gasteiger partial charge < -0.3 is 9.80 Å². The average molecular weight is 469 g/mol. The van der Waals surface area contributed by atoms with Gasteiger partial charge in [-0.05, 0) is 63.7 Å². The summed E-state index contributed by atoms with van der Waals surface area (Å²) < 4.78 is 0. The fourth-order valence-electron chi connectivity index (χ4n) is 4.90. The van der Waals surface area contributed by atoms with Gasteiger partial charge in [0, 0.05) is 56.3 Å². The molecule has 2 aliphatic rings. The van der Waals surface area contributed by atoms with Crippen LogP contribution in [0.5, 0.6) is 0 Å². The van der Waals surface area contributed by atoms with Gasteiger partial charge in [0.1, 0.15) is 17.7 Å². The van der Waals surface area contributed by atoms with Gasteiger partial charge in [-0.2, -0.15) is 10.5 Å². The Labute approximate surface area is 211 Å². The number of carbonyl (C=O) groups is 1. The topological polar surface area (TPSA) is 71.1 Å². The lowest BCUT2D eigenvalue weighted by Crippen LogP contribution is -2.09. The molecule has 3 aromatic rings. The molecule has 0 N–H and O–H groups in total. The molecule has 3 aromatic carbocycles. The fourth-order valence-corrected chi connectivity index (χ4v) is 4.90. The smallest absolute Gasteiger partial charge is 0.194 e. The van der Waals surface area contributed by atoms with Crippen LogP contribution in [0.2, 0.25) is 0 Å². The number of benzene rings is 3. The maximum atomic E-state index is 13.3. The first-order valence-electron chi connectivity index (χ1n) is 11.6. The standard InChI is InChI=1S/C31H24N4O/c1-34(2)20-9-11-23-22(24-12-10-21(35(3)4)16-29(24)28(23)15-20)13-14-27-30(19(17-32)18-33)25-7-5-6-8-26(25)31(27)36/h5-16H,1-4H3/b27-14+. The van der Waals surface area contributed by atoms with Crippen LogP contribution in [0, 0.1) is 22.7 Å². The average Bonchev–Trinajstić information content (AvgIpc) is 3.34. The molecule has 0 radical (unpaired) electrons. The molecule has 0 bridgehead atoms. The van der Waals surface area contributed by atoms with Crippen molar-refractivity contribution < 1.29 is 4.79 Å². The minimum Gasteiger partial charge on any atom is -0.378 e. The Bertz CT molecular complexity index is 1550. The summed E-state index contributed by atoms with van der Waals surface area (Å²) in [7, 11) is 8.09. The van der Waals surface area contributed by atoms with Crippen LogP contribution in [-0.2, 0) is 0 Å². The molecule has 0 saturated carbocycles. The van der Waals surface area contributed by atoms with E-state index in [9.17, 15) is 15.3 Å². The van der Waals surface area contributed by atoms with Crippen LogP contribution in [0.15, 0.2) is 84.0 Å². The monoisotopic (exact) mass is 468 g/mol. The van der Waals surface area contributed by atoms with Gasteiger partial charge in [-0.15, -0.1) is 0 Å². The van der Waals surface area contributed by atoms with Crippen LogP contribution in [0.3, 0.4) is 0 Å². The first kappa shape index (κ1) is 22.9. The molecule has 0 saturated heterocycles. The second-order valence-corrected chi connectivity index (χ2v) is 9.26. The molecule has 36 heavy (non-hydrogen) atoms. The van der Waals surface area contributed by atoms with Gasteiger partial charge in [-0.25, -0.2) is 0 Å². The second-order valence-electron chi connectivity index (χ2n) is 9.26. The van der Waals surface area contributed by atoms with Crippen LogP contribution in [0.25, 0.3) is 22.3 Å². The molecule has 5 nitrogen and oxygen atoms in total. The number of allylic oxidation sites excluding steroid dienone is 5. The predicted molar refractivity (Wildman–Crippen MR) is 145 cm³/mol. The quantitative estimate of drug-likeness (QED) is 0.278. The van der Waals surface area contributed by atoms with Crippen LogP contribution < -0.4 is 9.80 Å². The largest absolute Gasteiger partial charge is 0.378 e. The number of nitriles is 2. The van der Waals surface area contributed by atoms with E-state index in [0.717, 1.165) is 39.2 Å². The number of Topliss-reactive ketones (excluding diaryl/α,β-unsaturated/α-hetero) is 1. The van der Waals surface area contributed by atoms with Gasteiger partial charge >= 0.3 is 0 Å². The number of hydrogen-bond donors (Lipinski definition) is 0. The van der Waals surface area contributed by atoms with Crippen molar-refractivity contribution in [1.82, 2.24) is 0 Å². The maximum Gasteiger partial charge on any atom is 0.194 e. The lowest BCUT2D eigenvalue weighted by atomic mass is 9.98. The zero-order valence-electron chi connectivity index (χ0n) is 20.6. The Hall–Kier alpha value is -4.87. The van der Waals surface area contributed by atoms with E-state index in [0.29, 0.717) is 22.3 Å². The third-order valence-corrected chi connectivity index (χ3v) is 6.75. The van der Waals surface area contributed by atoms with E-state index in [1.54, 1.807) is 24.3 Å². The van der Waals surface area contributed by atoms with E-state index in [-0.39, 0.29) is 11.4 Å². The lowest BCUT2D eigenvalue weighted by molar-refractivity contribution is 0.104. The highest BCUT2D eigenvalue weighted by molar-refractivity contribution is 6.28. The minimum absolute atomic E-state index is 0.0589.